The van der Waals surface area contributed by atoms with E-state index in [1.165, 1.54) is 15.6 Å². The lowest BCUT2D eigenvalue weighted by Crippen LogP contribution is -2.01. The predicted octanol–water partition coefficient (Wildman–Crippen LogP) is 2.32. The van der Waals surface area contributed by atoms with Gasteiger partial charge in [0.1, 0.15) is 0 Å². The van der Waals surface area contributed by atoms with Gasteiger partial charge in [-0.05, 0) is 25.7 Å². The Labute approximate surface area is 77.1 Å². The standard InChI is InChI=1S/C9H17NOS/c1-7-8(2)12(6-5-11-4)9(3)10-7/h12H,5-6H2,1-4H3. The van der Waals surface area contributed by atoms with Crippen molar-refractivity contribution in [2.75, 3.05) is 19.5 Å². The average molecular weight is 187 g/mol. The molecule has 0 saturated carbocycles. The van der Waals surface area contributed by atoms with Crippen LogP contribution in [0, 0.1) is 0 Å². The van der Waals surface area contributed by atoms with Gasteiger partial charge in [-0.3, -0.25) is 4.99 Å². The molecule has 0 aromatic carbocycles. The van der Waals surface area contributed by atoms with Crippen molar-refractivity contribution in [2.24, 2.45) is 4.99 Å². The van der Waals surface area contributed by atoms with Crippen molar-refractivity contribution >= 4 is 15.9 Å². The molecule has 0 saturated heterocycles. The largest absolute Gasteiger partial charge is 0.384 e. The zero-order valence-electron chi connectivity index (χ0n) is 8.22. The predicted molar refractivity (Wildman–Crippen MR) is 57.2 cm³/mol. The number of rotatable bonds is 3. The number of thiol groups is 1. The van der Waals surface area contributed by atoms with Crippen LogP contribution in [0.1, 0.15) is 20.8 Å². The summed E-state index contributed by atoms with van der Waals surface area (Å²) in [5.74, 6) is 1.13. The molecule has 1 aliphatic rings. The zero-order chi connectivity index (χ0) is 9.14. The first-order chi connectivity index (χ1) is 5.66. The summed E-state index contributed by atoms with van der Waals surface area (Å²) in [6.07, 6.45) is 0. The second kappa shape index (κ2) is 4.10. The molecule has 1 rings (SSSR count). The maximum absolute atomic E-state index is 5.07. The van der Waals surface area contributed by atoms with E-state index in [2.05, 4.69) is 25.8 Å². The van der Waals surface area contributed by atoms with Crippen molar-refractivity contribution in [1.29, 1.82) is 0 Å². The van der Waals surface area contributed by atoms with E-state index in [0.717, 1.165) is 12.4 Å². The van der Waals surface area contributed by atoms with Gasteiger partial charge in [0.25, 0.3) is 0 Å². The van der Waals surface area contributed by atoms with Crippen LogP contribution < -0.4 is 0 Å². The first-order valence-corrected chi connectivity index (χ1v) is 5.68. The third-order valence-corrected chi connectivity index (χ3v) is 4.81. The Morgan fingerprint density at radius 2 is 2.00 bits per heavy atom. The molecule has 70 valence electrons. The second-order valence-corrected chi connectivity index (χ2v) is 5.60. The van der Waals surface area contributed by atoms with E-state index in [0.29, 0.717) is 0 Å². The highest BCUT2D eigenvalue weighted by molar-refractivity contribution is 8.33. The van der Waals surface area contributed by atoms with Gasteiger partial charge < -0.3 is 4.74 Å². The molecular formula is C9H17NOS. The summed E-state index contributed by atoms with van der Waals surface area (Å²) in [6, 6.07) is 0. The number of ether oxygens (including phenoxy) is 1. The van der Waals surface area contributed by atoms with E-state index >= 15 is 0 Å². The van der Waals surface area contributed by atoms with Crippen LogP contribution in [0.15, 0.2) is 15.6 Å². The highest BCUT2D eigenvalue weighted by Gasteiger charge is 2.17. The topological polar surface area (TPSA) is 21.6 Å². The van der Waals surface area contributed by atoms with Crippen molar-refractivity contribution < 1.29 is 4.74 Å². The molecule has 1 aliphatic heterocycles. The summed E-state index contributed by atoms with van der Waals surface area (Å²) < 4.78 is 5.07. The van der Waals surface area contributed by atoms with Crippen molar-refractivity contribution in [3.63, 3.8) is 0 Å². The van der Waals surface area contributed by atoms with Crippen LogP contribution in [0.5, 0.6) is 0 Å². The first-order valence-electron chi connectivity index (χ1n) is 4.16. The van der Waals surface area contributed by atoms with E-state index < -0.39 is 0 Å². The Morgan fingerprint density at radius 1 is 1.33 bits per heavy atom. The van der Waals surface area contributed by atoms with E-state index in [1.54, 1.807) is 7.11 Å². The molecular weight excluding hydrogens is 170 g/mol. The lowest BCUT2D eigenvalue weighted by atomic mass is 10.5. The minimum atomic E-state index is -0.108. The van der Waals surface area contributed by atoms with Gasteiger partial charge in [-0.15, -0.1) is 0 Å². The molecule has 0 spiro atoms. The molecule has 0 amide bonds. The molecule has 1 atom stereocenters. The van der Waals surface area contributed by atoms with Crippen LogP contribution in [0.4, 0.5) is 0 Å². The van der Waals surface area contributed by atoms with Gasteiger partial charge in [0, 0.05) is 18.6 Å². The van der Waals surface area contributed by atoms with Crippen LogP contribution >= 0.6 is 10.9 Å². The fraction of sp³-hybridized carbons (Fsp3) is 0.667. The van der Waals surface area contributed by atoms with Crippen molar-refractivity contribution in [1.82, 2.24) is 0 Å². The second-order valence-electron chi connectivity index (χ2n) is 2.97. The van der Waals surface area contributed by atoms with Gasteiger partial charge in [0.2, 0.25) is 0 Å². The molecule has 0 aliphatic carbocycles. The molecule has 12 heavy (non-hydrogen) atoms. The number of allylic oxidation sites excluding steroid dienone is 2. The summed E-state index contributed by atoms with van der Waals surface area (Å²) in [5.41, 5.74) is 1.22. The molecule has 0 bridgehead atoms. The summed E-state index contributed by atoms with van der Waals surface area (Å²) in [6.45, 7) is 7.26. The summed E-state index contributed by atoms with van der Waals surface area (Å²) >= 11 is 0. The van der Waals surface area contributed by atoms with Gasteiger partial charge in [0.05, 0.1) is 11.7 Å². The van der Waals surface area contributed by atoms with Crippen LogP contribution in [0.3, 0.4) is 0 Å². The van der Waals surface area contributed by atoms with Crippen LogP contribution in [-0.4, -0.2) is 24.5 Å². The van der Waals surface area contributed by atoms with E-state index in [-0.39, 0.29) is 10.9 Å². The Balaban J connectivity index is 2.60. The van der Waals surface area contributed by atoms with Gasteiger partial charge in [-0.1, -0.05) is 0 Å². The summed E-state index contributed by atoms with van der Waals surface area (Å²) in [4.78, 5) is 5.95. The van der Waals surface area contributed by atoms with Crippen LogP contribution in [-0.2, 0) is 4.74 Å². The first kappa shape index (κ1) is 9.81. The molecule has 0 radical (unpaired) electrons. The molecule has 0 aromatic heterocycles. The Hall–Kier alpha value is -0.280. The normalized spacial score (nSPS) is 26.3. The fourth-order valence-electron chi connectivity index (χ4n) is 1.33. The Kier molecular flexibility index (Phi) is 3.35. The monoisotopic (exact) mass is 187 g/mol. The minimum Gasteiger partial charge on any atom is -0.384 e. The average Bonchev–Trinajstić information content (AvgIpc) is 2.25. The fourth-order valence-corrected chi connectivity index (χ4v) is 3.55. The molecule has 0 aromatic rings. The highest BCUT2D eigenvalue weighted by atomic mass is 32.2. The molecule has 1 heterocycles. The number of nitrogens with zero attached hydrogens (tertiary/aromatic N) is 1. The number of hydrogen-bond donors (Lipinski definition) is 1. The number of hydrogen-bond acceptors (Lipinski definition) is 2. The molecule has 3 heteroatoms. The number of methoxy groups -OCH3 is 1. The van der Waals surface area contributed by atoms with Crippen molar-refractivity contribution in [3.05, 3.63) is 10.6 Å². The highest BCUT2D eigenvalue weighted by Crippen LogP contribution is 2.43. The lowest BCUT2D eigenvalue weighted by molar-refractivity contribution is 0.218. The third-order valence-electron chi connectivity index (χ3n) is 2.17. The van der Waals surface area contributed by atoms with E-state index in [4.69, 9.17) is 4.74 Å². The Bertz CT molecular complexity index is 233. The van der Waals surface area contributed by atoms with Gasteiger partial charge >= 0.3 is 0 Å². The number of aliphatic imine (C=N–C) groups is 1. The van der Waals surface area contributed by atoms with Crippen LogP contribution in [0.2, 0.25) is 0 Å². The van der Waals surface area contributed by atoms with Gasteiger partial charge in [0.15, 0.2) is 0 Å². The van der Waals surface area contributed by atoms with Gasteiger partial charge in [-0.25, -0.2) is 0 Å². The van der Waals surface area contributed by atoms with E-state index in [1.807, 2.05) is 0 Å². The Morgan fingerprint density at radius 3 is 2.42 bits per heavy atom. The zero-order valence-corrected chi connectivity index (χ0v) is 9.11. The molecule has 0 N–H and O–H groups in total. The molecule has 1 unspecified atom stereocenters. The maximum atomic E-state index is 5.07. The quantitative estimate of drug-likeness (QED) is 0.673. The lowest BCUT2D eigenvalue weighted by Gasteiger charge is -2.16. The van der Waals surface area contributed by atoms with Crippen LogP contribution in [0.25, 0.3) is 0 Å². The summed E-state index contributed by atoms with van der Waals surface area (Å²) in [5, 5.41) is 1.30. The third kappa shape index (κ3) is 1.90. The minimum absolute atomic E-state index is 0.108. The van der Waals surface area contributed by atoms with Gasteiger partial charge in [-0.2, -0.15) is 10.9 Å². The molecule has 0 fully saturated rings. The maximum Gasteiger partial charge on any atom is 0.0547 e. The smallest absolute Gasteiger partial charge is 0.0547 e. The van der Waals surface area contributed by atoms with E-state index in [9.17, 15) is 0 Å². The van der Waals surface area contributed by atoms with Crippen molar-refractivity contribution in [2.45, 2.75) is 20.8 Å². The van der Waals surface area contributed by atoms with Crippen molar-refractivity contribution in [3.8, 4) is 0 Å². The SMILES string of the molecule is COCC[SH]1C(C)=NC(C)=C1C. The summed E-state index contributed by atoms with van der Waals surface area (Å²) in [7, 11) is 1.65. The molecule has 2 nitrogen and oxygen atoms in total.